The highest BCUT2D eigenvalue weighted by Crippen LogP contribution is 2.32. The van der Waals surface area contributed by atoms with Crippen LogP contribution < -0.4 is 10.1 Å². The third kappa shape index (κ3) is 3.88. The Morgan fingerprint density at radius 3 is 2.81 bits per heavy atom. The Morgan fingerprint density at radius 1 is 1.43 bits per heavy atom. The van der Waals surface area contributed by atoms with Gasteiger partial charge in [0.05, 0.1) is 16.1 Å². The van der Waals surface area contributed by atoms with Gasteiger partial charge in [0, 0.05) is 6.07 Å². The van der Waals surface area contributed by atoms with Crippen molar-refractivity contribution in [1.29, 1.82) is 5.26 Å². The minimum absolute atomic E-state index is 0.0159. The van der Waals surface area contributed by atoms with E-state index in [-0.39, 0.29) is 18.8 Å². The number of nitrogens with one attached hydrogen (secondary N) is 1. The summed E-state index contributed by atoms with van der Waals surface area (Å²) in [4.78, 5) is 11.5. The van der Waals surface area contributed by atoms with Crippen LogP contribution in [0, 0.1) is 11.3 Å². The minimum Gasteiger partial charge on any atom is -0.482 e. The van der Waals surface area contributed by atoms with E-state index in [4.69, 9.17) is 37.7 Å². The predicted octanol–water partition coefficient (Wildman–Crippen LogP) is 2.81. The molecule has 2 aromatic rings. The number of hydrogen-bond donors (Lipinski definition) is 1. The molecule has 2 rings (SSSR count). The van der Waals surface area contributed by atoms with Crippen molar-refractivity contribution in [1.82, 2.24) is 10.5 Å². The summed E-state index contributed by atoms with van der Waals surface area (Å²) in [6.45, 7) is -0.0886. The Bertz CT molecular complexity index is 674. The average molecular weight is 326 g/mol. The largest absolute Gasteiger partial charge is 0.482 e. The Balaban J connectivity index is 2.00. The fourth-order valence-corrected chi connectivity index (χ4v) is 1.97. The molecule has 8 heteroatoms. The molecule has 0 aliphatic heterocycles. The van der Waals surface area contributed by atoms with Crippen LogP contribution in [-0.2, 0) is 6.61 Å². The zero-order valence-electron chi connectivity index (χ0n) is 10.6. The van der Waals surface area contributed by atoms with Gasteiger partial charge in [-0.1, -0.05) is 34.4 Å². The second-order valence-corrected chi connectivity index (χ2v) is 4.67. The summed E-state index contributed by atoms with van der Waals surface area (Å²) in [6, 6.07) is 8.19. The van der Waals surface area contributed by atoms with Gasteiger partial charge in [-0.3, -0.25) is 4.79 Å². The number of nitrogens with zero attached hydrogens (tertiary/aromatic N) is 2. The first kappa shape index (κ1) is 15.2. The first-order valence-electron chi connectivity index (χ1n) is 5.79. The van der Waals surface area contributed by atoms with E-state index in [0.717, 1.165) is 0 Å². The summed E-state index contributed by atoms with van der Waals surface area (Å²) in [5.74, 6) is 0.156. The normalized spacial score (nSPS) is 9.95. The number of benzene rings is 1. The lowest BCUT2D eigenvalue weighted by Crippen LogP contribution is -2.23. The van der Waals surface area contributed by atoms with Crippen LogP contribution in [0.2, 0.25) is 10.0 Å². The molecule has 1 amide bonds. The molecule has 0 aliphatic rings. The average Bonchev–Trinajstić information content (AvgIpc) is 2.93. The SMILES string of the molecule is N#CCNC(=O)c1cc(COc2c(Cl)cccc2Cl)on1. The van der Waals surface area contributed by atoms with Crippen molar-refractivity contribution in [2.24, 2.45) is 0 Å². The number of halogens is 2. The quantitative estimate of drug-likeness (QED) is 0.854. The smallest absolute Gasteiger partial charge is 0.274 e. The molecule has 0 saturated carbocycles. The second-order valence-electron chi connectivity index (χ2n) is 3.86. The molecule has 1 heterocycles. The summed E-state index contributed by atoms with van der Waals surface area (Å²) in [5.41, 5.74) is 0.0640. The van der Waals surface area contributed by atoms with Crippen molar-refractivity contribution < 1.29 is 14.1 Å². The van der Waals surface area contributed by atoms with Gasteiger partial charge in [-0.15, -0.1) is 0 Å². The number of carbonyl (C=O) groups excluding carboxylic acids is 1. The number of ether oxygens (including phenoxy) is 1. The molecular formula is C13H9Cl2N3O3. The summed E-state index contributed by atoms with van der Waals surface area (Å²) in [7, 11) is 0. The molecule has 0 aliphatic carbocycles. The van der Waals surface area contributed by atoms with Crippen LogP contribution in [0.3, 0.4) is 0 Å². The van der Waals surface area contributed by atoms with E-state index < -0.39 is 5.91 Å². The Kier molecular flexibility index (Phi) is 5.04. The molecule has 0 bridgehead atoms. The monoisotopic (exact) mass is 325 g/mol. The maximum atomic E-state index is 11.5. The molecule has 21 heavy (non-hydrogen) atoms. The van der Waals surface area contributed by atoms with E-state index in [9.17, 15) is 4.79 Å². The van der Waals surface area contributed by atoms with Crippen LogP contribution in [0.5, 0.6) is 5.75 Å². The van der Waals surface area contributed by atoms with Gasteiger partial charge in [0.2, 0.25) is 0 Å². The molecule has 0 unspecified atom stereocenters. The van der Waals surface area contributed by atoms with Crippen molar-refractivity contribution in [2.45, 2.75) is 6.61 Å². The van der Waals surface area contributed by atoms with E-state index in [2.05, 4.69) is 10.5 Å². The van der Waals surface area contributed by atoms with Crippen molar-refractivity contribution in [3.8, 4) is 11.8 Å². The van der Waals surface area contributed by atoms with E-state index in [1.165, 1.54) is 6.07 Å². The topological polar surface area (TPSA) is 88.2 Å². The van der Waals surface area contributed by atoms with Gasteiger partial charge >= 0.3 is 0 Å². The zero-order valence-corrected chi connectivity index (χ0v) is 12.1. The molecule has 108 valence electrons. The first-order valence-corrected chi connectivity index (χ1v) is 6.55. The number of para-hydroxylation sites is 1. The second kappa shape index (κ2) is 6.97. The van der Waals surface area contributed by atoms with E-state index >= 15 is 0 Å². The molecule has 0 spiro atoms. The van der Waals surface area contributed by atoms with E-state index in [1.807, 2.05) is 0 Å². The highest BCUT2D eigenvalue weighted by molar-refractivity contribution is 6.37. The maximum absolute atomic E-state index is 11.5. The van der Waals surface area contributed by atoms with Gasteiger partial charge in [0.1, 0.15) is 13.2 Å². The summed E-state index contributed by atoms with van der Waals surface area (Å²) in [5, 5.41) is 15.0. The third-order valence-corrected chi connectivity index (χ3v) is 2.99. The summed E-state index contributed by atoms with van der Waals surface area (Å²) in [6.07, 6.45) is 0. The molecular weight excluding hydrogens is 317 g/mol. The van der Waals surface area contributed by atoms with Crippen LogP contribution >= 0.6 is 23.2 Å². The fourth-order valence-electron chi connectivity index (χ4n) is 1.46. The first-order chi connectivity index (χ1) is 10.1. The van der Waals surface area contributed by atoms with Gasteiger partial charge in [0.15, 0.2) is 17.2 Å². The van der Waals surface area contributed by atoms with Crippen LogP contribution in [0.15, 0.2) is 28.8 Å². The van der Waals surface area contributed by atoms with E-state index in [0.29, 0.717) is 21.6 Å². The lowest BCUT2D eigenvalue weighted by Gasteiger charge is -2.07. The molecule has 0 atom stereocenters. The zero-order chi connectivity index (χ0) is 15.2. The van der Waals surface area contributed by atoms with Crippen LogP contribution in [0.1, 0.15) is 16.2 Å². The number of nitriles is 1. The molecule has 1 aromatic carbocycles. The number of carbonyl (C=O) groups is 1. The fraction of sp³-hybridized carbons (Fsp3) is 0.154. The summed E-state index contributed by atoms with van der Waals surface area (Å²) >= 11 is 11.9. The third-order valence-electron chi connectivity index (χ3n) is 2.40. The highest BCUT2D eigenvalue weighted by Gasteiger charge is 2.13. The number of aromatic nitrogens is 1. The minimum atomic E-state index is -0.498. The van der Waals surface area contributed by atoms with Crippen molar-refractivity contribution in [2.75, 3.05) is 6.54 Å². The van der Waals surface area contributed by atoms with Crippen LogP contribution in [0.25, 0.3) is 0 Å². The van der Waals surface area contributed by atoms with Gasteiger partial charge in [-0.05, 0) is 12.1 Å². The number of hydrogen-bond acceptors (Lipinski definition) is 5. The maximum Gasteiger partial charge on any atom is 0.274 e. The molecule has 0 saturated heterocycles. The molecule has 0 radical (unpaired) electrons. The Labute approximate surface area is 130 Å². The molecule has 6 nitrogen and oxygen atoms in total. The van der Waals surface area contributed by atoms with Gasteiger partial charge in [-0.2, -0.15) is 5.26 Å². The predicted molar refractivity (Wildman–Crippen MR) is 75.2 cm³/mol. The van der Waals surface area contributed by atoms with Crippen LogP contribution in [-0.4, -0.2) is 17.6 Å². The van der Waals surface area contributed by atoms with Crippen LogP contribution in [0.4, 0.5) is 0 Å². The summed E-state index contributed by atoms with van der Waals surface area (Å²) < 4.78 is 10.4. The lowest BCUT2D eigenvalue weighted by molar-refractivity contribution is 0.0949. The number of amides is 1. The lowest BCUT2D eigenvalue weighted by atomic mass is 10.3. The van der Waals surface area contributed by atoms with Gasteiger partial charge in [0.25, 0.3) is 5.91 Å². The Morgan fingerprint density at radius 2 is 2.14 bits per heavy atom. The molecule has 1 N–H and O–H groups in total. The Hall–Kier alpha value is -2.23. The number of rotatable bonds is 5. The van der Waals surface area contributed by atoms with Crippen molar-refractivity contribution in [3.63, 3.8) is 0 Å². The standard InChI is InChI=1S/C13H9Cl2N3O3/c14-9-2-1-3-10(15)12(9)20-7-8-6-11(18-21-8)13(19)17-5-4-16/h1-3,6H,5,7H2,(H,17,19). The van der Waals surface area contributed by atoms with E-state index in [1.54, 1.807) is 24.3 Å². The van der Waals surface area contributed by atoms with Gasteiger partial charge in [-0.25, -0.2) is 0 Å². The molecule has 1 aromatic heterocycles. The van der Waals surface area contributed by atoms with Crippen molar-refractivity contribution in [3.05, 3.63) is 45.8 Å². The molecule has 0 fully saturated rings. The van der Waals surface area contributed by atoms with Crippen molar-refractivity contribution >= 4 is 29.1 Å². The highest BCUT2D eigenvalue weighted by atomic mass is 35.5. The van der Waals surface area contributed by atoms with Gasteiger partial charge < -0.3 is 14.6 Å².